The first-order valence-corrected chi connectivity index (χ1v) is 7.13. The highest BCUT2D eigenvalue weighted by molar-refractivity contribution is 9.10. The van der Waals surface area contributed by atoms with Crippen molar-refractivity contribution in [1.82, 2.24) is 9.88 Å². The third-order valence-corrected chi connectivity index (χ3v) is 4.43. The van der Waals surface area contributed by atoms with E-state index in [2.05, 4.69) is 20.9 Å². The third-order valence-electron chi connectivity index (χ3n) is 3.61. The van der Waals surface area contributed by atoms with E-state index in [-0.39, 0.29) is 11.7 Å². The van der Waals surface area contributed by atoms with Crippen molar-refractivity contribution in [2.75, 3.05) is 13.1 Å². The Labute approximate surface area is 120 Å². The molecule has 0 bridgehead atoms. The number of Topliss-reactive ketones (excluding diaryl/α,β-unsaturated/α-hetero) is 1. The Bertz CT molecular complexity index is 471. The summed E-state index contributed by atoms with van der Waals surface area (Å²) in [5.74, 6) is 0.382. The molecule has 0 aromatic carbocycles. The minimum absolute atomic E-state index is 0.0996. The summed E-state index contributed by atoms with van der Waals surface area (Å²) in [6.07, 6.45) is 1.14. The van der Waals surface area contributed by atoms with Crippen molar-refractivity contribution >= 4 is 27.8 Å². The molecule has 1 fully saturated rings. The molecule has 19 heavy (non-hydrogen) atoms. The number of amides is 1. The summed E-state index contributed by atoms with van der Waals surface area (Å²) in [5, 5.41) is 8.87. The number of piperidine rings is 1. The van der Waals surface area contributed by atoms with Crippen LogP contribution in [0.5, 0.6) is 0 Å². The van der Waals surface area contributed by atoms with Crippen LogP contribution in [0.1, 0.15) is 35.4 Å². The summed E-state index contributed by atoms with van der Waals surface area (Å²) >= 11 is 3.38. The number of H-pyrrole nitrogens is 1. The summed E-state index contributed by atoms with van der Waals surface area (Å²) in [7, 11) is 0. The van der Waals surface area contributed by atoms with Crippen LogP contribution in [0.4, 0.5) is 4.79 Å². The number of aromatic amines is 1. The molecule has 104 valence electrons. The van der Waals surface area contributed by atoms with Crippen LogP contribution >= 0.6 is 15.9 Å². The standard InChI is InChI=1S/C13H17BrN2O3/c1-8-10(14)7-11(15-8)12(17)6-9-2-4-16(5-3-9)13(18)19/h7,9,15H,2-6H2,1H3,(H,18,19). The molecule has 0 aliphatic carbocycles. The Morgan fingerprint density at radius 2 is 2.11 bits per heavy atom. The highest BCUT2D eigenvalue weighted by atomic mass is 79.9. The van der Waals surface area contributed by atoms with Crippen LogP contribution in [-0.2, 0) is 0 Å². The molecule has 1 amide bonds. The number of hydrogen-bond acceptors (Lipinski definition) is 2. The summed E-state index contributed by atoms with van der Waals surface area (Å²) in [6.45, 7) is 2.97. The molecule has 2 N–H and O–H groups in total. The Morgan fingerprint density at radius 1 is 1.47 bits per heavy atom. The summed E-state index contributed by atoms with van der Waals surface area (Å²) in [4.78, 5) is 27.4. The van der Waals surface area contributed by atoms with Crippen molar-refractivity contribution in [3.63, 3.8) is 0 Å². The van der Waals surface area contributed by atoms with Crippen LogP contribution < -0.4 is 0 Å². The highest BCUT2D eigenvalue weighted by Crippen LogP contribution is 2.24. The van der Waals surface area contributed by atoms with Crippen molar-refractivity contribution in [2.45, 2.75) is 26.2 Å². The van der Waals surface area contributed by atoms with E-state index >= 15 is 0 Å². The van der Waals surface area contributed by atoms with Crippen LogP contribution in [0.15, 0.2) is 10.5 Å². The predicted octanol–water partition coefficient (Wildman–Crippen LogP) is 3.05. The van der Waals surface area contributed by atoms with Gasteiger partial charge in [-0.15, -0.1) is 0 Å². The maximum Gasteiger partial charge on any atom is 0.407 e. The summed E-state index contributed by atoms with van der Waals surface area (Å²) < 4.78 is 0.913. The van der Waals surface area contributed by atoms with Crippen molar-refractivity contribution in [1.29, 1.82) is 0 Å². The number of aryl methyl sites for hydroxylation is 1. The molecule has 0 spiro atoms. The molecular weight excluding hydrogens is 312 g/mol. The average molecular weight is 329 g/mol. The molecule has 1 aromatic heterocycles. The maximum absolute atomic E-state index is 12.1. The van der Waals surface area contributed by atoms with Crippen LogP contribution in [0.25, 0.3) is 0 Å². The number of rotatable bonds is 3. The number of aromatic nitrogens is 1. The van der Waals surface area contributed by atoms with Gasteiger partial charge in [0.05, 0.1) is 5.69 Å². The van der Waals surface area contributed by atoms with Gasteiger partial charge in [-0.3, -0.25) is 4.79 Å². The lowest BCUT2D eigenvalue weighted by molar-refractivity contribution is 0.0916. The van der Waals surface area contributed by atoms with Crippen molar-refractivity contribution < 1.29 is 14.7 Å². The van der Waals surface area contributed by atoms with Crippen molar-refractivity contribution in [3.8, 4) is 0 Å². The molecule has 5 nitrogen and oxygen atoms in total. The van der Waals surface area contributed by atoms with E-state index in [0.29, 0.717) is 25.2 Å². The van der Waals surface area contributed by atoms with Gasteiger partial charge in [-0.05, 0) is 47.7 Å². The van der Waals surface area contributed by atoms with Crippen LogP contribution in [0.3, 0.4) is 0 Å². The fourth-order valence-corrected chi connectivity index (χ4v) is 2.71. The first kappa shape index (κ1) is 14.1. The molecule has 0 unspecified atom stereocenters. The number of halogens is 1. The number of carboxylic acid groups (broad SMARTS) is 1. The zero-order chi connectivity index (χ0) is 14.0. The zero-order valence-electron chi connectivity index (χ0n) is 10.8. The lowest BCUT2D eigenvalue weighted by atomic mass is 9.91. The lowest BCUT2D eigenvalue weighted by Gasteiger charge is -2.29. The summed E-state index contributed by atoms with van der Waals surface area (Å²) in [6, 6.07) is 1.81. The van der Waals surface area contributed by atoms with Gasteiger partial charge in [0.2, 0.25) is 0 Å². The van der Waals surface area contributed by atoms with E-state index in [0.717, 1.165) is 23.0 Å². The normalized spacial score (nSPS) is 16.6. The minimum Gasteiger partial charge on any atom is -0.465 e. The second-order valence-electron chi connectivity index (χ2n) is 5.00. The van der Waals surface area contributed by atoms with E-state index in [1.54, 1.807) is 0 Å². The van der Waals surface area contributed by atoms with E-state index in [9.17, 15) is 9.59 Å². The molecule has 0 radical (unpaired) electrons. The first-order chi connectivity index (χ1) is 8.97. The molecule has 6 heteroatoms. The number of likely N-dealkylation sites (tertiary alicyclic amines) is 1. The maximum atomic E-state index is 12.1. The molecule has 0 saturated carbocycles. The SMILES string of the molecule is Cc1[nH]c(C(=O)CC2CCN(C(=O)O)CC2)cc1Br. The smallest absolute Gasteiger partial charge is 0.407 e. The molecule has 1 aliphatic heterocycles. The van der Waals surface area contributed by atoms with Gasteiger partial charge >= 0.3 is 6.09 Å². The van der Waals surface area contributed by atoms with E-state index in [1.165, 1.54) is 4.90 Å². The topological polar surface area (TPSA) is 73.4 Å². The fourth-order valence-electron chi connectivity index (χ4n) is 2.38. The molecule has 1 aromatic rings. The Kier molecular flexibility index (Phi) is 4.29. The largest absolute Gasteiger partial charge is 0.465 e. The van der Waals surface area contributed by atoms with Gasteiger partial charge in [0.1, 0.15) is 0 Å². The van der Waals surface area contributed by atoms with Gasteiger partial charge in [0.15, 0.2) is 5.78 Å². The van der Waals surface area contributed by atoms with Gasteiger partial charge in [-0.2, -0.15) is 0 Å². The van der Waals surface area contributed by atoms with Crippen LogP contribution in [-0.4, -0.2) is 40.0 Å². The van der Waals surface area contributed by atoms with E-state index in [1.807, 2.05) is 13.0 Å². The highest BCUT2D eigenvalue weighted by Gasteiger charge is 2.24. The number of nitrogens with one attached hydrogen (secondary N) is 1. The number of ketones is 1. The molecular formula is C13H17BrN2O3. The minimum atomic E-state index is -0.867. The number of nitrogens with zero attached hydrogens (tertiary/aromatic N) is 1. The fraction of sp³-hybridized carbons (Fsp3) is 0.538. The van der Waals surface area contributed by atoms with Gasteiger partial charge in [-0.1, -0.05) is 0 Å². The van der Waals surface area contributed by atoms with E-state index < -0.39 is 6.09 Å². The molecule has 2 heterocycles. The molecule has 2 rings (SSSR count). The van der Waals surface area contributed by atoms with Crippen molar-refractivity contribution in [3.05, 3.63) is 21.9 Å². The Balaban J connectivity index is 1.89. The van der Waals surface area contributed by atoms with E-state index in [4.69, 9.17) is 5.11 Å². The van der Waals surface area contributed by atoms with Crippen LogP contribution in [0.2, 0.25) is 0 Å². The number of carbonyl (C=O) groups is 2. The molecule has 1 aliphatic rings. The predicted molar refractivity (Wildman–Crippen MR) is 74.5 cm³/mol. The summed E-state index contributed by atoms with van der Waals surface area (Å²) in [5.41, 5.74) is 1.58. The first-order valence-electron chi connectivity index (χ1n) is 6.33. The van der Waals surface area contributed by atoms with Crippen molar-refractivity contribution in [2.24, 2.45) is 5.92 Å². The quantitative estimate of drug-likeness (QED) is 0.837. The Hall–Kier alpha value is -1.30. The number of hydrogen-bond donors (Lipinski definition) is 2. The second-order valence-corrected chi connectivity index (χ2v) is 5.85. The monoisotopic (exact) mass is 328 g/mol. The van der Waals surface area contributed by atoms with Gasteiger partial charge in [-0.25, -0.2) is 4.79 Å². The van der Waals surface area contributed by atoms with Gasteiger partial charge < -0.3 is 15.0 Å². The molecule has 0 atom stereocenters. The van der Waals surface area contributed by atoms with Crippen LogP contribution in [0, 0.1) is 12.8 Å². The average Bonchev–Trinajstić information content (AvgIpc) is 2.70. The molecule has 1 saturated heterocycles. The van der Waals surface area contributed by atoms with Gasteiger partial charge in [0, 0.05) is 29.7 Å². The second kappa shape index (κ2) is 5.77. The Morgan fingerprint density at radius 3 is 2.58 bits per heavy atom. The van der Waals surface area contributed by atoms with Gasteiger partial charge in [0.25, 0.3) is 0 Å². The third kappa shape index (κ3) is 3.37. The lowest BCUT2D eigenvalue weighted by Crippen LogP contribution is -2.37. The number of carbonyl (C=O) groups excluding carboxylic acids is 1. The zero-order valence-corrected chi connectivity index (χ0v) is 12.4.